The van der Waals surface area contributed by atoms with Crippen LogP contribution in [0.25, 0.3) is 11.1 Å². The van der Waals surface area contributed by atoms with E-state index >= 15 is 4.39 Å². The molecule has 0 saturated heterocycles. The van der Waals surface area contributed by atoms with E-state index in [1.54, 1.807) is 6.07 Å². The average Bonchev–Trinajstić information content (AvgIpc) is 2.72. The molecular weight excluding hydrogens is 376 g/mol. The summed E-state index contributed by atoms with van der Waals surface area (Å²) in [7, 11) is 0. The Morgan fingerprint density at radius 2 is 1.52 bits per heavy atom. The Balaban J connectivity index is 1.53. The lowest BCUT2D eigenvalue weighted by molar-refractivity contribution is 0.205. The number of benzene rings is 2. The van der Waals surface area contributed by atoms with Crippen molar-refractivity contribution in [3.05, 3.63) is 70.8 Å². The van der Waals surface area contributed by atoms with Crippen molar-refractivity contribution in [2.75, 3.05) is 0 Å². The topological polar surface area (TPSA) is 0 Å². The minimum absolute atomic E-state index is 0.0334. The zero-order chi connectivity index (χ0) is 20.5. The summed E-state index contributed by atoms with van der Waals surface area (Å²) in [5.41, 5.74) is 1.81. The lowest BCUT2D eigenvalue weighted by Gasteiger charge is -2.36. The summed E-state index contributed by atoms with van der Waals surface area (Å²) in [6.45, 7) is 2.07. The van der Waals surface area contributed by atoms with Crippen molar-refractivity contribution >= 4 is 0 Å². The molecule has 0 aromatic heterocycles. The second kappa shape index (κ2) is 8.33. The van der Waals surface area contributed by atoms with E-state index in [1.807, 2.05) is 6.07 Å². The van der Waals surface area contributed by atoms with Crippen LogP contribution in [-0.2, 0) is 12.8 Å². The van der Waals surface area contributed by atoms with Crippen molar-refractivity contribution in [2.24, 2.45) is 17.8 Å². The van der Waals surface area contributed by atoms with Crippen molar-refractivity contribution in [1.82, 2.24) is 0 Å². The number of fused-ring (bicyclic) bond motifs is 1. The number of hydrogen-bond acceptors (Lipinski definition) is 0. The average molecular weight is 402 g/mol. The fourth-order valence-electron chi connectivity index (χ4n) is 5.25. The summed E-state index contributed by atoms with van der Waals surface area (Å²) in [6, 6.07) is 5.17. The molecule has 0 radical (unpaired) electrons. The zero-order valence-corrected chi connectivity index (χ0v) is 16.7. The lowest BCUT2D eigenvalue weighted by Crippen LogP contribution is -2.26. The minimum atomic E-state index is -1.53. The van der Waals surface area contributed by atoms with Crippen molar-refractivity contribution in [1.29, 1.82) is 0 Å². The summed E-state index contributed by atoms with van der Waals surface area (Å²) >= 11 is 0. The van der Waals surface area contributed by atoms with Crippen LogP contribution in [0.1, 0.15) is 50.2 Å². The van der Waals surface area contributed by atoms with E-state index in [0.29, 0.717) is 29.7 Å². The van der Waals surface area contributed by atoms with Gasteiger partial charge in [0.2, 0.25) is 0 Å². The van der Waals surface area contributed by atoms with Gasteiger partial charge in [-0.3, -0.25) is 0 Å². The van der Waals surface area contributed by atoms with E-state index in [2.05, 4.69) is 19.1 Å². The molecule has 1 atom stereocenters. The molecule has 0 heterocycles. The monoisotopic (exact) mass is 402 g/mol. The third kappa shape index (κ3) is 3.99. The van der Waals surface area contributed by atoms with Gasteiger partial charge in [-0.1, -0.05) is 24.3 Å². The van der Waals surface area contributed by atoms with Crippen LogP contribution in [0.5, 0.6) is 0 Å². The predicted molar refractivity (Wildman–Crippen MR) is 107 cm³/mol. The molecule has 0 N–H and O–H groups in total. The highest BCUT2D eigenvalue weighted by molar-refractivity contribution is 5.66. The smallest absolute Gasteiger partial charge is 0.194 e. The molecule has 0 amide bonds. The maximum Gasteiger partial charge on any atom is 0.194 e. The molecule has 2 aliphatic rings. The first-order chi connectivity index (χ1) is 14.0. The largest absolute Gasteiger partial charge is 0.206 e. The van der Waals surface area contributed by atoms with Gasteiger partial charge in [0.25, 0.3) is 0 Å². The highest BCUT2D eigenvalue weighted by Crippen LogP contribution is 2.41. The van der Waals surface area contributed by atoms with Gasteiger partial charge in [0, 0.05) is 5.56 Å². The molecule has 1 fully saturated rings. The van der Waals surface area contributed by atoms with Crippen molar-refractivity contribution in [3.63, 3.8) is 0 Å². The van der Waals surface area contributed by atoms with Gasteiger partial charge in [-0.25, -0.2) is 17.6 Å². The summed E-state index contributed by atoms with van der Waals surface area (Å²) < 4.78 is 55.6. The molecule has 2 aliphatic carbocycles. The molecule has 2 aromatic rings. The van der Waals surface area contributed by atoms with E-state index in [-0.39, 0.29) is 11.1 Å². The number of halogens is 4. The van der Waals surface area contributed by atoms with Gasteiger partial charge in [0.1, 0.15) is 5.82 Å². The number of rotatable bonds is 3. The van der Waals surface area contributed by atoms with Crippen LogP contribution in [0.4, 0.5) is 17.6 Å². The third-order valence-electron chi connectivity index (χ3n) is 6.83. The quantitative estimate of drug-likeness (QED) is 0.285. The van der Waals surface area contributed by atoms with Gasteiger partial charge in [-0.15, -0.1) is 0 Å². The first kappa shape index (κ1) is 20.2. The summed E-state index contributed by atoms with van der Waals surface area (Å²) in [5.74, 6) is -2.60. The van der Waals surface area contributed by atoms with Crippen LogP contribution in [0.2, 0.25) is 0 Å². The van der Waals surface area contributed by atoms with Gasteiger partial charge in [-0.05, 0) is 98.4 Å². The molecule has 4 rings (SSSR count). The molecule has 154 valence electrons. The fourth-order valence-corrected chi connectivity index (χ4v) is 5.25. The van der Waals surface area contributed by atoms with Crippen LogP contribution < -0.4 is 0 Å². The van der Waals surface area contributed by atoms with Gasteiger partial charge in [-0.2, -0.15) is 0 Å². The maximum atomic E-state index is 15.2. The Bertz CT molecular complexity index is 900. The van der Waals surface area contributed by atoms with Crippen LogP contribution in [0.15, 0.2) is 36.4 Å². The standard InChI is InChI=1S/C25H26F4/c1-2-3-15-4-6-16(7-5-15)17-8-10-20-18(12-17)9-11-21(24(20)28)19-13-22(26)25(29)23(27)14-19/h2-3,9,11,13-17H,4-8,10,12H2,1H3/b3-2+. The Hall–Kier alpha value is -2.10. The van der Waals surface area contributed by atoms with Gasteiger partial charge >= 0.3 is 0 Å². The first-order valence-electron chi connectivity index (χ1n) is 10.6. The van der Waals surface area contributed by atoms with E-state index in [1.165, 1.54) is 25.7 Å². The molecule has 2 aromatic carbocycles. The Morgan fingerprint density at radius 3 is 2.17 bits per heavy atom. The Morgan fingerprint density at radius 1 is 0.828 bits per heavy atom. The number of allylic oxidation sites excluding steroid dienone is 2. The zero-order valence-electron chi connectivity index (χ0n) is 16.7. The molecular formula is C25H26F4. The molecule has 1 unspecified atom stereocenters. The molecule has 0 aliphatic heterocycles. The van der Waals surface area contributed by atoms with Crippen LogP contribution in [-0.4, -0.2) is 0 Å². The Labute approximate surface area is 169 Å². The van der Waals surface area contributed by atoms with Gasteiger partial charge < -0.3 is 0 Å². The second-order valence-corrected chi connectivity index (χ2v) is 8.52. The lowest BCUT2D eigenvalue weighted by atomic mass is 9.69. The van der Waals surface area contributed by atoms with Crippen molar-refractivity contribution < 1.29 is 17.6 Å². The maximum absolute atomic E-state index is 15.2. The SMILES string of the molecule is C/C=C/C1CCC(C2CCc3c(ccc(-c4cc(F)c(F)c(F)c4)c3F)C2)CC1. The van der Waals surface area contributed by atoms with E-state index < -0.39 is 23.3 Å². The van der Waals surface area contributed by atoms with Crippen LogP contribution >= 0.6 is 0 Å². The van der Waals surface area contributed by atoms with Crippen molar-refractivity contribution in [2.45, 2.75) is 51.9 Å². The molecule has 4 heteroatoms. The van der Waals surface area contributed by atoms with E-state index in [0.717, 1.165) is 30.5 Å². The number of hydrogen-bond donors (Lipinski definition) is 0. The fraction of sp³-hybridized carbons (Fsp3) is 0.440. The van der Waals surface area contributed by atoms with Crippen LogP contribution in [0, 0.1) is 41.0 Å². The molecule has 0 nitrogen and oxygen atoms in total. The van der Waals surface area contributed by atoms with Crippen LogP contribution in [0.3, 0.4) is 0 Å². The van der Waals surface area contributed by atoms with Gasteiger partial charge in [0.15, 0.2) is 17.5 Å². The molecule has 29 heavy (non-hydrogen) atoms. The predicted octanol–water partition coefficient (Wildman–Crippen LogP) is 7.40. The molecule has 1 saturated carbocycles. The summed E-state index contributed by atoms with van der Waals surface area (Å²) in [4.78, 5) is 0. The van der Waals surface area contributed by atoms with E-state index in [4.69, 9.17) is 0 Å². The van der Waals surface area contributed by atoms with Gasteiger partial charge in [0.05, 0.1) is 0 Å². The van der Waals surface area contributed by atoms with E-state index in [9.17, 15) is 13.2 Å². The Kier molecular flexibility index (Phi) is 5.80. The highest BCUT2D eigenvalue weighted by Gasteiger charge is 2.31. The molecule has 0 spiro atoms. The second-order valence-electron chi connectivity index (χ2n) is 8.52. The summed E-state index contributed by atoms with van der Waals surface area (Å²) in [6.07, 6.45) is 11.8. The normalized spacial score (nSPS) is 24.7. The first-order valence-corrected chi connectivity index (χ1v) is 10.6. The minimum Gasteiger partial charge on any atom is -0.206 e. The van der Waals surface area contributed by atoms with Crippen molar-refractivity contribution in [3.8, 4) is 11.1 Å². The third-order valence-corrected chi connectivity index (χ3v) is 6.83. The molecule has 0 bridgehead atoms. The summed E-state index contributed by atoms with van der Waals surface area (Å²) in [5, 5.41) is 0. The highest BCUT2D eigenvalue weighted by atomic mass is 19.2.